The normalized spacial score (nSPS) is 18.9. The van der Waals surface area contributed by atoms with Crippen LogP contribution in [0, 0.1) is 0 Å². The number of halogens is 2. The number of aliphatic hydroxyl groups is 1. The highest BCUT2D eigenvalue weighted by atomic mass is 35.5. The smallest absolute Gasteiger partial charge is 0.323 e. The van der Waals surface area contributed by atoms with Gasteiger partial charge in [0.2, 0.25) is 5.91 Å². The Morgan fingerprint density at radius 2 is 1.97 bits per heavy atom. The van der Waals surface area contributed by atoms with Gasteiger partial charge in [-0.25, -0.2) is 0 Å². The largest absolute Gasteiger partial charge is 0.489 e. The maximum atomic E-state index is 12.5. The van der Waals surface area contributed by atoms with Gasteiger partial charge >= 0.3 is 5.97 Å². The van der Waals surface area contributed by atoms with Crippen molar-refractivity contribution in [2.75, 3.05) is 31.6 Å². The molecule has 0 aliphatic carbocycles. The fraction of sp³-hybridized carbons (Fsp3) is 0.417. The first-order chi connectivity index (χ1) is 16.3. The summed E-state index contributed by atoms with van der Waals surface area (Å²) in [5.74, 6) is 0.397. The van der Waals surface area contributed by atoms with E-state index in [1.54, 1.807) is 49.4 Å². The summed E-state index contributed by atoms with van der Waals surface area (Å²) in [7, 11) is 0. The lowest BCUT2D eigenvalue weighted by Crippen LogP contribution is -2.43. The van der Waals surface area contributed by atoms with Crippen molar-refractivity contribution in [3.05, 3.63) is 52.5 Å². The first-order valence-corrected chi connectivity index (χ1v) is 11.7. The van der Waals surface area contributed by atoms with E-state index in [-0.39, 0.29) is 37.7 Å². The highest BCUT2D eigenvalue weighted by Gasteiger charge is 2.39. The summed E-state index contributed by atoms with van der Waals surface area (Å²) in [6.07, 6.45) is -0.802. The zero-order valence-corrected chi connectivity index (χ0v) is 20.5. The maximum absolute atomic E-state index is 12.5. The van der Waals surface area contributed by atoms with E-state index in [9.17, 15) is 14.7 Å². The lowest BCUT2D eigenvalue weighted by Gasteiger charge is -2.25. The highest BCUT2D eigenvalue weighted by Crippen LogP contribution is 2.30. The number of ether oxygens (including phenoxy) is 3. The Labute approximate surface area is 208 Å². The number of anilines is 1. The third-order valence-electron chi connectivity index (χ3n) is 5.19. The molecule has 0 saturated carbocycles. The van der Waals surface area contributed by atoms with Gasteiger partial charge in [0.15, 0.2) is 0 Å². The molecule has 0 spiro atoms. The number of benzene rings is 2. The van der Waals surface area contributed by atoms with Crippen molar-refractivity contribution in [2.45, 2.75) is 38.5 Å². The first kappa shape index (κ1) is 26.1. The number of amides is 1. The Morgan fingerprint density at radius 1 is 1.21 bits per heavy atom. The Bertz CT molecular complexity index is 1010. The highest BCUT2D eigenvalue weighted by molar-refractivity contribution is 6.42. The minimum absolute atomic E-state index is 0.0268. The number of carbonyl (C=O) groups is 2. The number of rotatable bonds is 10. The van der Waals surface area contributed by atoms with Crippen LogP contribution >= 0.6 is 23.2 Å². The molecule has 2 N–H and O–H groups in total. The molecule has 1 aliphatic heterocycles. The summed E-state index contributed by atoms with van der Waals surface area (Å²) < 4.78 is 17.0. The van der Waals surface area contributed by atoms with Crippen molar-refractivity contribution >= 4 is 40.8 Å². The number of β-amino-alcohol motifs (C(OH)–C–C–N with tert-alkyl or cyclic N) is 1. The fourth-order valence-electron chi connectivity index (χ4n) is 3.77. The Morgan fingerprint density at radius 3 is 2.68 bits per heavy atom. The predicted molar refractivity (Wildman–Crippen MR) is 130 cm³/mol. The number of esters is 1. The van der Waals surface area contributed by atoms with Crippen molar-refractivity contribution in [1.29, 1.82) is 0 Å². The van der Waals surface area contributed by atoms with Crippen LogP contribution in [-0.2, 0) is 14.3 Å². The van der Waals surface area contributed by atoms with Crippen LogP contribution in [0.15, 0.2) is 42.5 Å². The quantitative estimate of drug-likeness (QED) is 0.469. The van der Waals surface area contributed by atoms with Crippen LogP contribution in [0.2, 0.25) is 10.0 Å². The molecule has 0 aromatic heterocycles. The van der Waals surface area contributed by atoms with Gasteiger partial charge in [0.25, 0.3) is 0 Å². The van der Waals surface area contributed by atoms with E-state index in [4.69, 9.17) is 37.4 Å². The molecular weight excluding hydrogens is 483 g/mol. The van der Waals surface area contributed by atoms with E-state index in [1.165, 1.54) is 6.92 Å². The molecule has 184 valence electrons. The molecule has 0 bridgehead atoms. The maximum Gasteiger partial charge on any atom is 0.323 e. The van der Waals surface area contributed by atoms with E-state index in [2.05, 4.69) is 5.32 Å². The SMILES string of the molecule is CCOC(=O)C1CC(Oc2ccc(Cl)c(Cl)c2)CN1CC(O)COc1ccccc1NC(C)=O. The van der Waals surface area contributed by atoms with Crippen LogP contribution < -0.4 is 14.8 Å². The van der Waals surface area contributed by atoms with Gasteiger partial charge in [0.1, 0.15) is 36.4 Å². The molecule has 1 fully saturated rings. The molecule has 1 saturated heterocycles. The molecule has 10 heteroatoms. The average molecular weight is 511 g/mol. The number of carbonyl (C=O) groups excluding carboxylic acids is 2. The lowest BCUT2D eigenvalue weighted by atomic mass is 10.2. The summed E-state index contributed by atoms with van der Waals surface area (Å²) in [4.78, 5) is 25.8. The predicted octanol–water partition coefficient (Wildman–Crippen LogP) is 3.78. The second kappa shape index (κ2) is 12.3. The van der Waals surface area contributed by atoms with E-state index in [0.29, 0.717) is 40.2 Å². The minimum Gasteiger partial charge on any atom is -0.489 e. The second-order valence-electron chi connectivity index (χ2n) is 7.92. The fourth-order valence-corrected chi connectivity index (χ4v) is 4.06. The van der Waals surface area contributed by atoms with Gasteiger partial charge < -0.3 is 24.6 Å². The van der Waals surface area contributed by atoms with E-state index in [1.807, 2.05) is 4.90 Å². The summed E-state index contributed by atoms with van der Waals surface area (Å²) in [5.41, 5.74) is 0.517. The third kappa shape index (κ3) is 7.24. The van der Waals surface area contributed by atoms with E-state index in [0.717, 1.165) is 0 Å². The molecular formula is C24H28Cl2N2O6. The van der Waals surface area contributed by atoms with Crippen molar-refractivity contribution in [2.24, 2.45) is 0 Å². The Balaban J connectivity index is 1.62. The minimum atomic E-state index is -0.897. The molecule has 0 radical (unpaired) electrons. The van der Waals surface area contributed by atoms with Crippen molar-refractivity contribution in [1.82, 2.24) is 4.90 Å². The molecule has 2 aromatic carbocycles. The summed E-state index contributed by atoms with van der Waals surface area (Å²) >= 11 is 12.0. The molecule has 34 heavy (non-hydrogen) atoms. The number of hydrogen-bond donors (Lipinski definition) is 2. The molecule has 1 aliphatic rings. The van der Waals surface area contributed by atoms with Crippen LogP contribution in [-0.4, -0.2) is 66.4 Å². The van der Waals surface area contributed by atoms with Crippen LogP contribution in [0.5, 0.6) is 11.5 Å². The van der Waals surface area contributed by atoms with Crippen molar-refractivity contribution < 1.29 is 28.9 Å². The number of nitrogens with one attached hydrogen (secondary N) is 1. The zero-order valence-electron chi connectivity index (χ0n) is 19.0. The van der Waals surface area contributed by atoms with Crippen molar-refractivity contribution in [3.8, 4) is 11.5 Å². The van der Waals surface area contributed by atoms with Gasteiger partial charge in [-0.2, -0.15) is 0 Å². The topological polar surface area (TPSA) is 97.3 Å². The zero-order chi connectivity index (χ0) is 24.7. The Kier molecular flexibility index (Phi) is 9.41. The summed E-state index contributed by atoms with van der Waals surface area (Å²) in [6, 6.07) is 11.4. The van der Waals surface area contributed by atoms with E-state index >= 15 is 0 Å². The number of hydrogen-bond acceptors (Lipinski definition) is 7. The number of likely N-dealkylation sites (tertiary alicyclic amines) is 1. The van der Waals surface area contributed by atoms with Gasteiger partial charge in [0.05, 0.1) is 22.3 Å². The third-order valence-corrected chi connectivity index (χ3v) is 5.93. The first-order valence-electron chi connectivity index (χ1n) is 11.0. The van der Waals surface area contributed by atoms with Crippen molar-refractivity contribution in [3.63, 3.8) is 0 Å². The standard InChI is InChI=1S/C24H28Cl2N2O6/c1-3-32-24(31)22-11-18(34-17-8-9-19(25)20(26)10-17)13-28(22)12-16(30)14-33-23-7-5-4-6-21(23)27-15(2)29/h4-10,16,18,22,30H,3,11-14H2,1-2H3,(H,27,29). The molecule has 3 atom stereocenters. The second-order valence-corrected chi connectivity index (χ2v) is 8.73. The number of aliphatic hydroxyl groups excluding tert-OH is 1. The van der Waals surface area contributed by atoms with Gasteiger partial charge in [-0.3, -0.25) is 14.5 Å². The molecule has 3 unspecified atom stereocenters. The monoisotopic (exact) mass is 510 g/mol. The number of para-hydroxylation sites is 2. The van der Waals surface area contributed by atoms with Crippen LogP contribution in [0.1, 0.15) is 20.3 Å². The Hall–Kier alpha value is -2.52. The molecule has 1 heterocycles. The molecule has 2 aromatic rings. The van der Waals surface area contributed by atoms with E-state index < -0.39 is 12.1 Å². The summed E-state index contributed by atoms with van der Waals surface area (Å²) in [5, 5.41) is 14.1. The van der Waals surface area contributed by atoms with Crippen LogP contribution in [0.4, 0.5) is 5.69 Å². The number of nitrogens with zero attached hydrogens (tertiary/aromatic N) is 1. The van der Waals surface area contributed by atoms with Gasteiger partial charge in [-0.15, -0.1) is 0 Å². The van der Waals surface area contributed by atoms with Gasteiger partial charge in [-0.05, 0) is 31.2 Å². The van der Waals surface area contributed by atoms with Crippen LogP contribution in [0.3, 0.4) is 0 Å². The molecule has 3 rings (SSSR count). The van der Waals surface area contributed by atoms with Crippen LogP contribution in [0.25, 0.3) is 0 Å². The lowest BCUT2D eigenvalue weighted by molar-refractivity contribution is -0.148. The summed E-state index contributed by atoms with van der Waals surface area (Å²) in [6.45, 7) is 3.96. The van der Waals surface area contributed by atoms with Gasteiger partial charge in [-0.1, -0.05) is 35.3 Å². The molecule has 8 nitrogen and oxygen atoms in total. The van der Waals surface area contributed by atoms with Gasteiger partial charge in [0, 0.05) is 32.5 Å². The average Bonchev–Trinajstić information content (AvgIpc) is 3.17. The molecule has 1 amide bonds.